The second-order valence-corrected chi connectivity index (χ2v) is 7.82. The average molecular weight is 326 g/mol. The van der Waals surface area contributed by atoms with Crippen molar-refractivity contribution in [3.63, 3.8) is 0 Å². The van der Waals surface area contributed by atoms with Crippen LogP contribution in [0.1, 0.15) is 19.7 Å². The van der Waals surface area contributed by atoms with Gasteiger partial charge in [-0.3, -0.25) is 0 Å². The van der Waals surface area contributed by atoms with Gasteiger partial charge < -0.3 is 4.52 Å². The van der Waals surface area contributed by atoms with Crippen molar-refractivity contribution in [1.82, 2.24) is 14.9 Å². The third-order valence-electron chi connectivity index (χ3n) is 2.50. The molecule has 0 unspecified atom stereocenters. The Labute approximate surface area is 126 Å². The zero-order valence-corrected chi connectivity index (χ0v) is 13.2. The number of rotatable bonds is 6. The zero-order valence-electron chi connectivity index (χ0n) is 11.5. The fraction of sp³-hybridized carbons (Fsp3) is 0.417. The molecule has 0 aliphatic carbocycles. The first-order valence-corrected chi connectivity index (χ1v) is 8.60. The van der Waals surface area contributed by atoms with Crippen molar-refractivity contribution in [3.8, 4) is 16.8 Å². The number of nitrogens with zero attached hydrogens (tertiary/aromatic N) is 3. The van der Waals surface area contributed by atoms with Crippen molar-refractivity contribution in [2.45, 2.75) is 20.4 Å². The van der Waals surface area contributed by atoms with Gasteiger partial charge in [0.25, 0.3) is 5.89 Å². The van der Waals surface area contributed by atoms with Crippen LogP contribution >= 0.6 is 11.3 Å². The maximum absolute atomic E-state index is 11.9. The van der Waals surface area contributed by atoms with Crippen molar-refractivity contribution in [2.24, 2.45) is 5.41 Å². The summed E-state index contributed by atoms with van der Waals surface area (Å²) in [5, 5.41) is 14.5. The Bertz CT molecular complexity index is 742. The number of aromatic nitrogens is 2. The highest BCUT2D eigenvalue weighted by Crippen LogP contribution is 2.22. The summed E-state index contributed by atoms with van der Waals surface area (Å²) in [5.74, 6) is 0.319. The topological polar surface area (TPSA) is 109 Å². The lowest BCUT2D eigenvalue weighted by molar-refractivity contribution is 0.422. The summed E-state index contributed by atoms with van der Waals surface area (Å²) < 4.78 is 31.2. The highest BCUT2D eigenvalue weighted by molar-refractivity contribution is 7.89. The van der Waals surface area contributed by atoms with Crippen LogP contribution in [0.4, 0.5) is 0 Å². The molecule has 0 fully saturated rings. The summed E-state index contributed by atoms with van der Waals surface area (Å²) in [6, 6.07) is 5.64. The highest BCUT2D eigenvalue weighted by Gasteiger charge is 2.26. The summed E-state index contributed by atoms with van der Waals surface area (Å²) in [5.41, 5.74) is -0.953. The number of nitriles is 1. The van der Waals surface area contributed by atoms with Crippen molar-refractivity contribution in [3.05, 3.63) is 23.3 Å². The normalized spacial score (nSPS) is 12.2. The molecule has 2 heterocycles. The number of nitrogens with one attached hydrogen (secondary N) is 1. The van der Waals surface area contributed by atoms with E-state index in [1.54, 1.807) is 13.8 Å². The molecule has 0 radical (unpaired) electrons. The quantitative estimate of drug-likeness (QED) is 0.866. The molecule has 0 saturated carbocycles. The molecule has 9 heteroatoms. The van der Waals surface area contributed by atoms with Gasteiger partial charge in [0.15, 0.2) is 5.82 Å². The smallest absolute Gasteiger partial charge is 0.268 e. The van der Waals surface area contributed by atoms with E-state index in [0.29, 0.717) is 5.89 Å². The fourth-order valence-corrected chi connectivity index (χ4v) is 3.67. The van der Waals surface area contributed by atoms with Crippen molar-refractivity contribution in [2.75, 3.05) is 5.75 Å². The third-order valence-corrected chi connectivity index (χ3v) is 5.05. The minimum absolute atomic E-state index is 0.0707. The monoisotopic (exact) mass is 326 g/mol. The molecule has 2 rings (SSSR count). The molecule has 2 aromatic heterocycles. The fourth-order valence-electron chi connectivity index (χ4n) is 1.56. The first-order chi connectivity index (χ1) is 9.81. The third kappa shape index (κ3) is 4.35. The van der Waals surface area contributed by atoms with Gasteiger partial charge in [-0.05, 0) is 25.3 Å². The van der Waals surface area contributed by atoms with Crippen molar-refractivity contribution < 1.29 is 12.9 Å². The molecule has 0 spiro atoms. The molecule has 0 bridgehead atoms. The van der Waals surface area contributed by atoms with Gasteiger partial charge in [-0.1, -0.05) is 11.2 Å². The molecular formula is C12H14N4O3S2. The molecule has 0 aliphatic rings. The minimum atomic E-state index is -3.59. The van der Waals surface area contributed by atoms with Crippen LogP contribution in [0.2, 0.25) is 0 Å². The number of sulfonamides is 1. The Morgan fingerprint density at radius 2 is 2.29 bits per heavy atom. The largest absolute Gasteiger partial charge is 0.333 e. The van der Waals surface area contributed by atoms with E-state index in [1.807, 2.05) is 23.6 Å². The van der Waals surface area contributed by atoms with Gasteiger partial charge in [-0.25, -0.2) is 13.1 Å². The molecule has 0 aromatic carbocycles. The van der Waals surface area contributed by atoms with Crippen LogP contribution in [-0.2, 0) is 16.6 Å². The van der Waals surface area contributed by atoms with Crippen molar-refractivity contribution in [1.29, 1.82) is 5.26 Å². The molecule has 21 heavy (non-hydrogen) atoms. The lowest BCUT2D eigenvalue weighted by Crippen LogP contribution is -2.33. The van der Waals surface area contributed by atoms with E-state index in [0.717, 1.165) is 4.88 Å². The van der Waals surface area contributed by atoms with Gasteiger partial charge in [0.2, 0.25) is 10.0 Å². The number of hydrogen-bond donors (Lipinski definition) is 1. The van der Waals surface area contributed by atoms with Crippen LogP contribution in [0.25, 0.3) is 10.8 Å². The Balaban J connectivity index is 1.99. The van der Waals surface area contributed by atoms with E-state index in [1.165, 1.54) is 11.3 Å². The van der Waals surface area contributed by atoms with Gasteiger partial charge >= 0.3 is 0 Å². The summed E-state index contributed by atoms with van der Waals surface area (Å²) in [7, 11) is -3.59. The van der Waals surface area contributed by atoms with Gasteiger partial charge in [0.05, 0.1) is 28.7 Å². The molecule has 0 aliphatic heterocycles. The Kier molecular flexibility index (Phi) is 4.41. The zero-order chi connectivity index (χ0) is 15.5. The van der Waals surface area contributed by atoms with Crippen LogP contribution in [0.5, 0.6) is 0 Å². The molecule has 7 nitrogen and oxygen atoms in total. The Morgan fingerprint density at radius 3 is 2.90 bits per heavy atom. The van der Waals surface area contributed by atoms with E-state index in [2.05, 4.69) is 14.9 Å². The van der Waals surface area contributed by atoms with E-state index in [-0.39, 0.29) is 18.1 Å². The Hall–Kier alpha value is -1.76. The van der Waals surface area contributed by atoms with E-state index >= 15 is 0 Å². The van der Waals surface area contributed by atoms with Crippen LogP contribution in [-0.4, -0.2) is 24.3 Å². The molecule has 0 atom stereocenters. The molecular weight excluding hydrogens is 312 g/mol. The summed E-state index contributed by atoms with van der Waals surface area (Å²) in [6.45, 7) is 3.06. The lowest BCUT2D eigenvalue weighted by Gasteiger charge is -2.14. The summed E-state index contributed by atoms with van der Waals surface area (Å²) in [4.78, 5) is 4.93. The maximum atomic E-state index is 11.9. The van der Waals surface area contributed by atoms with Crippen LogP contribution in [0.15, 0.2) is 22.0 Å². The van der Waals surface area contributed by atoms with E-state index in [9.17, 15) is 8.42 Å². The van der Waals surface area contributed by atoms with E-state index < -0.39 is 15.4 Å². The molecule has 0 saturated heterocycles. The molecule has 112 valence electrons. The summed E-state index contributed by atoms with van der Waals surface area (Å²) in [6.07, 6.45) is 0. The molecule has 1 N–H and O–H groups in total. The van der Waals surface area contributed by atoms with Crippen molar-refractivity contribution >= 4 is 21.4 Å². The first-order valence-electron chi connectivity index (χ1n) is 6.06. The van der Waals surface area contributed by atoms with Crippen LogP contribution in [0.3, 0.4) is 0 Å². The summed E-state index contributed by atoms with van der Waals surface area (Å²) >= 11 is 1.45. The van der Waals surface area contributed by atoms with Gasteiger partial charge in [-0.2, -0.15) is 10.2 Å². The van der Waals surface area contributed by atoms with Gasteiger partial charge in [-0.15, -0.1) is 11.3 Å². The molecule has 2 aromatic rings. The second kappa shape index (κ2) is 5.93. The predicted octanol–water partition coefficient (Wildman–Crippen LogP) is 1.77. The SMILES string of the molecule is CC(C)(C#N)CS(=O)(=O)NCc1noc(-c2cccs2)n1. The second-order valence-electron chi connectivity index (χ2n) is 5.07. The number of hydrogen-bond acceptors (Lipinski definition) is 7. The number of thiophene rings is 1. The minimum Gasteiger partial charge on any atom is -0.333 e. The van der Waals surface area contributed by atoms with Gasteiger partial charge in [0, 0.05) is 0 Å². The highest BCUT2D eigenvalue weighted by atomic mass is 32.2. The predicted molar refractivity (Wildman–Crippen MR) is 77.6 cm³/mol. The standard InChI is InChI=1S/C12H14N4O3S2/c1-12(2,7-13)8-21(17,18)14-6-10-15-11(19-16-10)9-4-3-5-20-9/h3-5,14H,6,8H2,1-2H3. The first kappa shape index (κ1) is 15.6. The lowest BCUT2D eigenvalue weighted by atomic mass is 10.00. The van der Waals surface area contributed by atoms with E-state index in [4.69, 9.17) is 9.78 Å². The average Bonchev–Trinajstić information content (AvgIpc) is 3.06. The van der Waals surface area contributed by atoms with Crippen LogP contribution < -0.4 is 4.72 Å². The Morgan fingerprint density at radius 1 is 1.52 bits per heavy atom. The maximum Gasteiger partial charge on any atom is 0.268 e. The van der Waals surface area contributed by atoms with Crippen LogP contribution in [0, 0.1) is 16.7 Å². The van der Waals surface area contributed by atoms with Gasteiger partial charge in [0.1, 0.15) is 0 Å². The molecule has 0 amide bonds.